The summed E-state index contributed by atoms with van der Waals surface area (Å²) in [5.74, 6) is 0.141. The standard InChI is InChI=1S/C9H14N2O/c1-6(5-10)11-8(12)7-4-9(7,2)3/h6-7H,4H2,1-3H3,(H,11,12)/t6-,7-/m1/s1. The summed E-state index contributed by atoms with van der Waals surface area (Å²) in [6.45, 7) is 5.82. The van der Waals surface area contributed by atoms with Crippen LogP contribution in [-0.2, 0) is 4.79 Å². The van der Waals surface area contributed by atoms with Gasteiger partial charge in [0.2, 0.25) is 5.91 Å². The molecule has 1 fully saturated rings. The first-order chi connectivity index (χ1) is 5.47. The van der Waals surface area contributed by atoms with Crippen LogP contribution in [0.2, 0.25) is 0 Å². The molecule has 1 N–H and O–H groups in total. The van der Waals surface area contributed by atoms with Gasteiger partial charge in [0, 0.05) is 5.92 Å². The Labute approximate surface area is 72.8 Å². The van der Waals surface area contributed by atoms with Crippen LogP contribution in [0.5, 0.6) is 0 Å². The molecule has 1 rings (SSSR count). The zero-order valence-electron chi connectivity index (χ0n) is 7.72. The lowest BCUT2D eigenvalue weighted by Crippen LogP contribution is -2.33. The van der Waals surface area contributed by atoms with Gasteiger partial charge < -0.3 is 5.32 Å². The molecule has 3 heteroatoms. The Morgan fingerprint density at radius 1 is 1.75 bits per heavy atom. The number of rotatable bonds is 2. The largest absolute Gasteiger partial charge is 0.340 e. The van der Waals surface area contributed by atoms with Crippen LogP contribution in [0, 0.1) is 22.7 Å². The lowest BCUT2D eigenvalue weighted by molar-refractivity contribution is -0.123. The van der Waals surface area contributed by atoms with E-state index in [1.165, 1.54) is 0 Å². The van der Waals surface area contributed by atoms with Crippen LogP contribution in [0.15, 0.2) is 0 Å². The van der Waals surface area contributed by atoms with Gasteiger partial charge in [0.05, 0.1) is 6.07 Å². The molecule has 1 aliphatic carbocycles. The number of carbonyl (C=O) groups excluding carboxylic acids is 1. The minimum absolute atomic E-state index is 0.0223. The Balaban J connectivity index is 2.38. The first-order valence-corrected chi connectivity index (χ1v) is 4.17. The Kier molecular flexibility index (Phi) is 2.10. The molecule has 1 aliphatic rings. The number of nitrogens with one attached hydrogen (secondary N) is 1. The maximum absolute atomic E-state index is 11.3. The molecule has 0 unspecified atom stereocenters. The van der Waals surface area contributed by atoms with Crippen LogP contribution in [-0.4, -0.2) is 11.9 Å². The molecule has 0 aromatic rings. The van der Waals surface area contributed by atoms with Crippen molar-refractivity contribution in [2.75, 3.05) is 0 Å². The van der Waals surface area contributed by atoms with Gasteiger partial charge in [0.15, 0.2) is 0 Å². The summed E-state index contributed by atoms with van der Waals surface area (Å²) in [5, 5.41) is 11.1. The Morgan fingerprint density at radius 2 is 2.25 bits per heavy atom. The highest BCUT2D eigenvalue weighted by atomic mass is 16.2. The number of hydrogen-bond donors (Lipinski definition) is 1. The SMILES string of the molecule is C[C@H](C#N)NC(=O)[C@H]1CC1(C)C. The smallest absolute Gasteiger partial charge is 0.224 e. The van der Waals surface area contributed by atoms with Gasteiger partial charge in [-0.25, -0.2) is 0 Å². The first kappa shape index (κ1) is 9.05. The van der Waals surface area contributed by atoms with Gasteiger partial charge in [0.1, 0.15) is 6.04 Å². The average molecular weight is 166 g/mol. The van der Waals surface area contributed by atoms with E-state index in [0.29, 0.717) is 0 Å². The molecular formula is C9H14N2O. The highest BCUT2D eigenvalue weighted by Gasteiger charge is 2.50. The van der Waals surface area contributed by atoms with Crippen molar-refractivity contribution in [1.82, 2.24) is 5.32 Å². The first-order valence-electron chi connectivity index (χ1n) is 4.17. The van der Waals surface area contributed by atoms with Gasteiger partial charge in [-0.1, -0.05) is 13.8 Å². The maximum Gasteiger partial charge on any atom is 0.224 e. The topological polar surface area (TPSA) is 52.9 Å². The van der Waals surface area contributed by atoms with Crippen molar-refractivity contribution in [3.63, 3.8) is 0 Å². The van der Waals surface area contributed by atoms with Crippen LogP contribution in [0.4, 0.5) is 0 Å². The molecule has 0 aromatic carbocycles. The van der Waals surface area contributed by atoms with Gasteiger partial charge in [-0.3, -0.25) is 4.79 Å². The van der Waals surface area contributed by atoms with E-state index in [9.17, 15) is 4.79 Å². The summed E-state index contributed by atoms with van der Waals surface area (Å²) in [4.78, 5) is 11.3. The lowest BCUT2D eigenvalue weighted by atomic mass is 10.1. The predicted molar refractivity (Wildman–Crippen MR) is 45.1 cm³/mol. The minimum atomic E-state index is -0.367. The maximum atomic E-state index is 11.3. The highest BCUT2D eigenvalue weighted by Crippen LogP contribution is 2.51. The summed E-state index contributed by atoms with van der Waals surface area (Å²) in [7, 11) is 0. The minimum Gasteiger partial charge on any atom is -0.340 e. The summed E-state index contributed by atoms with van der Waals surface area (Å²) >= 11 is 0. The zero-order chi connectivity index (χ0) is 9.35. The number of hydrogen-bond acceptors (Lipinski definition) is 2. The summed E-state index contributed by atoms with van der Waals surface area (Å²) in [6, 6.07) is 1.61. The number of nitrogens with zero attached hydrogens (tertiary/aromatic N) is 1. The van der Waals surface area contributed by atoms with E-state index >= 15 is 0 Å². The van der Waals surface area contributed by atoms with E-state index in [-0.39, 0.29) is 23.3 Å². The fourth-order valence-electron chi connectivity index (χ4n) is 1.26. The van der Waals surface area contributed by atoms with E-state index in [4.69, 9.17) is 5.26 Å². The van der Waals surface area contributed by atoms with Gasteiger partial charge in [0.25, 0.3) is 0 Å². The second-order valence-corrected chi connectivity index (χ2v) is 4.10. The Bertz CT molecular complexity index is 239. The third-order valence-corrected chi connectivity index (χ3v) is 2.38. The monoisotopic (exact) mass is 166 g/mol. The van der Waals surface area contributed by atoms with Crippen LogP contribution in [0.3, 0.4) is 0 Å². The summed E-state index contributed by atoms with van der Waals surface area (Å²) in [6.07, 6.45) is 0.941. The predicted octanol–water partition coefficient (Wildman–Crippen LogP) is 1.06. The van der Waals surface area contributed by atoms with E-state index < -0.39 is 0 Å². The molecular weight excluding hydrogens is 152 g/mol. The molecule has 12 heavy (non-hydrogen) atoms. The van der Waals surface area contributed by atoms with Crippen molar-refractivity contribution >= 4 is 5.91 Å². The van der Waals surface area contributed by atoms with Crippen molar-refractivity contribution in [3.8, 4) is 6.07 Å². The molecule has 0 aromatic heterocycles. The molecule has 0 bridgehead atoms. The molecule has 0 aliphatic heterocycles. The fraction of sp³-hybridized carbons (Fsp3) is 0.778. The normalized spacial score (nSPS) is 27.0. The number of nitriles is 1. The van der Waals surface area contributed by atoms with Gasteiger partial charge in [-0.2, -0.15) is 5.26 Å². The quantitative estimate of drug-likeness (QED) is 0.667. The van der Waals surface area contributed by atoms with Crippen LogP contribution < -0.4 is 5.32 Å². The molecule has 0 spiro atoms. The second kappa shape index (κ2) is 2.78. The fourth-order valence-corrected chi connectivity index (χ4v) is 1.26. The van der Waals surface area contributed by atoms with Crippen LogP contribution in [0.1, 0.15) is 27.2 Å². The summed E-state index contributed by atoms with van der Waals surface area (Å²) in [5.41, 5.74) is 0.152. The Morgan fingerprint density at radius 3 is 2.58 bits per heavy atom. The highest BCUT2D eigenvalue weighted by molar-refractivity contribution is 5.82. The van der Waals surface area contributed by atoms with Gasteiger partial charge in [-0.15, -0.1) is 0 Å². The molecule has 1 saturated carbocycles. The van der Waals surface area contributed by atoms with E-state index in [0.717, 1.165) is 6.42 Å². The third kappa shape index (κ3) is 1.76. The molecule has 1 amide bonds. The van der Waals surface area contributed by atoms with Crippen LogP contribution >= 0.6 is 0 Å². The molecule has 0 heterocycles. The zero-order valence-corrected chi connectivity index (χ0v) is 7.72. The second-order valence-electron chi connectivity index (χ2n) is 4.10. The molecule has 0 saturated heterocycles. The van der Waals surface area contributed by atoms with Crippen molar-refractivity contribution in [3.05, 3.63) is 0 Å². The number of amides is 1. The molecule has 66 valence electrons. The summed E-state index contributed by atoms with van der Waals surface area (Å²) < 4.78 is 0. The molecule has 2 atom stereocenters. The van der Waals surface area contributed by atoms with Gasteiger partial charge in [-0.05, 0) is 18.8 Å². The van der Waals surface area contributed by atoms with E-state index in [1.807, 2.05) is 6.07 Å². The van der Waals surface area contributed by atoms with Crippen LogP contribution in [0.25, 0.3) is 0 Å². The molecule has 0 radical (unpaired) electrons. The Hall–Kier alpha value is -1.04. The van der Waals surface area contributed by atoms with Crippen molar-refractivity contribution in [2.24, 2.45) is 11.3 Å². The van der Waals surface area contributed by atoms with E-state index in [2.05, 4.69) is 19.2 Å². The van der Waals surface area contributed by atoms with Crippen molar-refractivity contribution < 1.29 is 4.79 Å². The van der Waals surface area contributed by atoms with Crippen molar-refractivity contribution in [2.45, 2.75) is 33.2 Å². The van der Waals surface area contributed by atoms with Crippen molar-refractivity contribution in [1.29, 1.82) is 5.26 Å². The third-order valence-electron chi connectivity index (χ3n) is 2.38. The lowest BCUT2D eigenvalue weighted by Gasteiger charge is -2.06. The molecule has 3 nitrogen and oxygen atoms in total. The van der Waals surface area contributed by atoms with Gasteiger partial charge >= 0.3 is 0 Å². The number of carbonyl (C=O) groups is 1. The van der Waals surface area contributed by atoms with E-state index in [1.54, 1.807) is 6.92 Å². The average Bonchev–Trinajstić information content (AvgIpc) is 2.59.